The SMILES string of the molecule is CC(=O)c1ccccc1SN=Cc1ccc(C)c(O)c1O. The van der Waals surface area contributed by atoms with E-state index in [2.05, 4.69) is 4.40 Å². The number of hydrogen-bond acceptors (Lipinski definition) is 5. The number of aryl methyl sites for hydroxylation is 1. The monoisotopic (exact) mass is 301 g/mol. The van der Waals surface area contributed by atoms with Gasteiger partial charge in [-0.3, -0.25) is 4.79 Å². The summed E-state index contributed by atoms with van der Waals surface area (Å²) in [6.07, 6.45) is 1.45. The Hall–Kier alpha value is -2.27. The molecule has 0 bridgehead atoms. The molecule has 0 fully saturated rings. The first kappa shape index (κ1) is 15.1. The summed E-state index contributed by atoms with van der Waals surface area (Å²) in [5.41, 5.74) is 1.63. The number of carbonyl (C=O) groups excluding carboxylic acids is 1. The molecule has 0 amide bonds. The molecule has 2 aromatic rings. The third-order valence-corrected chi connectivity index (χ3v) is 3.76. The van der Waals surface area contributed by atoms with Crippen molar-refractivity contribution in [2.24, 2.45) is 4.40 Å². The molecule has 108 valence electrons. The summed E-state index contributed by atoms with van der Waals surface area (Å²) in [6.45, 7) is 3.21. The minimum absolute atomic E-state index is 0.0240. The molecule has 0 aliphatic heterocycles. The zero-order chi connectivity index (χ0) is 15.4. The van der Waals surface area contributed by atoms with Crippen LogP contribution in [-0.4, -0.2) is 22.2 Å². The van der Waals surface area contributed by atoms with Crippen LogP contribution in [0.15, 0.2) is 45.7 Å². The number of benzene rings is 2. The van der Waals surface area contributed by atoms with Crippen LogP contribution in [0.5, 0.6) is 11.5 Å². The summed E-state index contributed by atoms with van der Waals surface area (Å²) in [6, 6.07) is 10.6. The summed E-state index contributed by atoms with van der Waals surface area (Å²) in [5.74, 6) is -0.364. The van der Waals surface area contributed by atoms with E-state index < -0.39 is 0 Å². The Morgan fingerprint density at radius 2 is 1.86 bits per heavy atom. The highest BCUT2D eigenvalue weighted by molar-refractivity contribution is 7.98. The van der Waals surface area contributed by atoms with Crippen molar-refractivity contribution < 1.29 is 15.0 Å². The zero-order valence-electron chi connectivity index (χ0n) is 11.7. The van der Waals surface area contributed by atoms with Crippen LogP contribution in [0.4, 0.5) is 0 Å². The van der Waals surface area contributed by atoms with E-state index in [1.807, 2.05) is 12.1 Å². The van der Waals surface area contributed by atoms with Gasteiger partial charge in [-0.25, -0.2) is 4.40 Å². The molecule has 0 unspecified atom stereocenters. The lowest BCUT2D eigenvalue weighted by Crippen LogP contribution is -1.93. The molecule has 0 aromatic heterocycles. The summed E-state index contributed by atoms with van der Waals surface area (Å²) in [4.78, 5) is 12.2. The second-order valence-electron chi connectivity index (χ2n) is 4.55. The average molecular weight is 301 g/mol. The Balaban J connectivity index is 2.21. The number of carbonyl (C=O) groups is 1. The number of hydrogen-bond donors (Lipinski definition) is 2. The van der Waals surface area contributed by atoms with Gasteiger partial charge >= 0.3 is 0 Å². The smallest absolute Gasteiger partial charge is 0.166 e. The molecular formula is C16H15NO3S. The maximum absolute atomic E-state index is 11.5. The zero-order valence-corrected chi connectivity index (χ0v) is 12.5. The van der Waals surface area contributed by atoms with Crippen LogP contribution in [0.25, 0.3) is 0 Å². The lowest BCUT2D eigenvalue weighted by Gasteiger charge is -2.05. The van der Waals surface area contributed by atoms with E-state index in [-0.39, 0.29) is 17.3 Å². The van der Waals surface area contributed by atoms with Gasteiger partial charge in [0.2, 0.25) is 0 Å². The minimum Gasteiger partial charge on any atom is -0.504 e. The normalized spacial score (nSPS) is 11.0. The minimum atomic E-state index is -0.195. The Morgan fingerprint density at radius 1 is 1.14 bits per heavy atom. The molecule has 2 N–H and O–H groups in total. The van der Waals surface area contributed by atoms with Crippen LogP contribution >= 0.6 is 11.9 Å². The maximum Gasteiger partial charge on any atom is 0.166 e. The van der Waals surface area contributed by atoms with Crippen LogP contribution in [0.3, 0.4) is 0 Å². The highest BCUT2D eigenvalue weighted by Gasteiger charge is 2.08. The molecule has 0 saturated carbocycles. The molecule has 0 aliphatic rings. The van der Waals surface area contributed by atoms with Crippen molar-refractivity contribution in [2.45, 2.75) is 18.7 Å². The fraction of sp³-hybridized carbons (Fsp3) is 0.125. The highest BCUT2D eigenvalue weighted by Crippen LogP contribution is 2.31. The van der Waals surface area contributed by atoms with Crippen molar-refractivity contribution in [3.8, 4) is 11.5 Å². The standard InChI is InChI=1S/C16H15NO3S/c1-10-7-8-12(16(20)15(10)19)9-17-21-14-6-4-3-5-13(14)11(2)18/h3-9,19-20H,1-2H3. The quantitative estimate of drug-likeness (QED) is 0.391. The second kappa shape index (κ2) is 6.45. The molecule has 2 aromatic carbocycles. The van der Waals surface area contributed by atoms with E-state index in [0.29, 0.717) is 16.7 Å². The van der Waals surface area contributed by atoms with Crippen molar-refractivity contribution in [3.05, 3.63) is 53.1 Å². The van der Waals surface area contributed by atoms with E-state index in [0.717, 1.165) is 16.8 Å². The third-order valence-electron chi connectivity index (χ3n) is 2.99. The van der Waals surface area contributed by atoms with Crippen LogP contribution in [0, 0.1) is 6.92 Å². The first-order valence-corrected chi connectivity index (χ1v) is 7.10. The predicted molar refractivity (Wildman–Crippen MR) is 84.4 cm³/mol. The van der Waals surface area contributed by atoms with Crippen molar-refractivity contribution in [1.29, 1.82) is 0 Å². The van der Waals surface area contributed by atoms with Crippen molar-refractivity contribution in [1.82, 2.24) is 0 Å². The molecule has 0 heterocycles. The Morgan fingerprint density at radius 3 is 2.57 bits per heavy atom. The number of nitrogens with zero attached hydrogens (tertiary/aromatic N) is 1. The van der Waals surface area contributed by atoms with Gasteiger partial charge in [0.15, 0.2) is 17.3 Å². The van der Waals surface area contributed by atoms with Gasteiger partial charge in [-0.05, 0) is 31.5 Å². The first-order valence-electron chi connectivity index (χ1n) is 6.32. The van der Waals surface area contributed by atoms with Gasteiger partial charge in [-0.2, -0.15) is 0 Å². The Labute approximate surface area is 127 Å². The molecule has 4 nitrogen and oxygen atoms in total. The van der Waals surface area contributed by atoms with Crippen LogP contribution < -0.4 is 0 Å². The molecule has 0 aliphatic carbocycles. The fourth-order valence-corrected chi connectivity index (χ4v) is 2.51. The molecule has 21 heavy (non-hydrogen) atoms. The van der Waals surface area contributed by atoms with Gasteiger partial charge in [0.25, 0.3) is 0 Å². The van der Waals surface area contributed by atoms with Gasteiger partial charge < -0.3 is 10.2 Å². The van der Waals surface area contributed by atoms with Crippen LogP contribution in [0.1, 0.15) is 28.4 Å². The predicted octanol–water partition coefficient (Wildman–Crippen LogP) is 3.74. The Kier molecular flexibility index (Phi) is 4.65. The van der Waals surface area contributed by atoms with Gasteiger partial charge in [-0.1, -0.05) is 24.3 Å². The van der Waals surface area contributed by atoms with Gasteiger partial charge in [0, 0.05) is 34.2 Å². The molecule has 0 atom stereocenters. The summed E-state index contributed by atoms with van der Waals surface area (Å²) in [5, 5.41) is 19.5. The van der Waals surface area contributed by atoms with E-state index in [9.17, 15) is 15.0 Å². The molecule has 2 rings (SSSR count). The van der Waals surface area contributed by atoms with Crippen molar-refractivity contribution in [2.75, 3.05) is 0 Å². The number of Topliss-reactive ketones (excluding diaryl/α,β-unsaturated/α-hetero) is 1. The molecule has 0 saturated heterocycles. The molecular weight excluding hydrogens is 286 g/mol. The van der Waals surface area contributed by atoms with E-state index >= 15 is 0 Å². The second-order valence-corrected chi connectivity index (χ2v) is 5.38. The lowest BCUT2D eigenvalue weighted by atomic mass is 10.1. The van der Waals surface area contributed by atoms with Gasteiger partial charge in [0.1, 0.15) is 0 Å². The van der Waals surface area contributed by atoms with Gasteiger partial charge in [0.05, 0.1) is 0 Å². The lowest BCUT2D eigenvalue weighted by molar-refractivity contribution is 0.101. The molecule has 0 spiro atoms. The van der Waals surface area contributed by atoms with Crippen molar-refractivity contribution >= 4 is 23.9 Å². The highest BCUT2D eigenvalue weighted by atomic mass is 32.2. The largest absolute Gasteiger partial charge is 0.504 e. The number of aromatic hydroxyl groups is 2. The molecule has 5 heteroatoms. The first-order chi connectivity index (χ1) is 10.0. The van der Waals surface area contributed by atoms with Crippen LogP contribution in [-0.2, 0) is 0 Å². The van der Waals surface area contributed by atoms with E-state index in [1.54, 1.807) is 31.2 Å². The number of ketones is 1. The van der Waals surface area contributed by atoms with E-state index in [1.165, 1.54) is 13.1 Å². The number of rotatable bonds is 4. The topological polar surface area (TPSA) is 69.9 Å². The van der Waals surface area contributed by atoms with Gasteiger partial charge in [-0.15, -0.1) is 0 Å². The fourth-order valence-electron chi connectivity index (χ4n) is 1.78. The number of phenols is 2. The molecule has 0 radical (unpaired) electrons. The van der Waals surface area contributed by atoms with E-state index in [4.69, 9.17) is 0 Å². The van der Waals surface area contributed by atoms with Crippen LogP contribution in [0.2, 0.25) is 0 Å². The summed E-state index contributed by atoms with van der Waals surface area (Å²) < 4.78 is 4.15. The Bertz CT molecular complexity index is 711. The average Bonchev–Trinajstić information content (AvgIpc) is 2.47. The van der Waals surface area contributed by atoms with Crippen molar-refractivity contribution in [3.63, 3.8) is 0 Å². The number of phenolic OH excluding ortho intramolecular Hbond substituents is 2. The third kappa shape index (κ3) is 3.44. The summed E-state index contributed by atoms with van der Waals surface area (Å²) >= 11 is 1.14. The maximum atomic E-state index is 11.5. The summed E-state index contributed by atoms with van der Waals surface area (Å²) in [7, 11) is 0.